The number of hydrogen-bond acceptors (Lipinski definition) is 4. The van der Waals surface area contributed by atoms with E-state index >= 15 is 0 Å². The summed E-state index contributed by atoms with van der Waals surface area (Å²) in [5, 5.41) is 2.86. The van der Waals surface area contributed by atoms with Gasteiger partial charge in [-0.25, -0.2) is 0 Å². The van der Waals surface area contributed by atoms with Crippen LogP contribution in [0.3, 0.4) is 0 Å². The van der Waals surface area contributed by atoms with Crippen LogP contribution in [-0.4, -0.2) is 10.9 Å². The summed E-state index contributed by atoms with van der Waals surface area (Å²) >= 11 is 0. The molecule has 4 N–H and O–H groups in total. The third-order valence-corrected chi connectivity index (χ3v) is 2.90. The molecule has 1 amide bonds. The summed E-state index contributed by atoms with van der Waals surface area (Å²) < 4.78 is 0. The van der Waals surface area contributed by atoms with E-state index in [0.29, 0.717) is 12.1 Å². The second-order valence-electron chi connectivity index (χ2n) is 4.21. The van der Waals surface area contributed by atoms with Crippen molar-refractivity contribution in [3.63, 3.8) is 0 Å². The molecule has 0 bridgehead atoms. The smallest absolute Gasteiger partial charge is 0.251 e. The number of nitrogens with two attached hydrogens (primary N) is 1. The van der Waals surface area contributed by atoms with Crippen LogP contribution >= 0.6 is 0 Å². The van der Waals surface area contributed by atoms with Gasteiger partial charge in [0.25, 0.3) is 5.91 Å². The van der Waals surface area contributed by atoms with Gasteiger partial charge in [-0.15, -0.1) is 0 Å². The number of nitrogens with zero attached hydrogens (tertiary/aromatic N) is 1. The van der Waals surface area contributed by atoms with E-state index in [4.69, 9.17) is 5.84 Å². The number of benzene rings is 1. The first-order chi connectivity index (χ1) is 9.20. The highest BCUT2D eigenvalue weighted by Crippen LogP contribution is 2.09. The van der Waals surface area contributed by atoms with E-state index in [9.17, 15) is 4.79 Å². The average molecular weight is 256 g/mol. The maximum atomic E-state index is 11.9. The highest BCUT2D eigenvalue weighted by molar-refractivity contribution is 5.94. The van der Waals surface area contributed by atoms with Crippen LogP contribution in [0.5, 0.6) is 0 Å². The average Bonchev–Trinajstić information content (AvgIpc) is 2.46. The van der Waals surface area contributed by atoms with E-state index in [1.165, 1.54) is 0 Å². The Morgan fingerprint density at radius 2 is 2.00 bits per heavy atom. The molecule has 1 heterocycles. The third-order valence-electron chi connectivity index (χ3n) is 2.90. The maximum Gasteiger partial charge on any atom is 0.251 e. The zero-order valence-electron chi connectivity index (χ0n) is 10.7. The molecule has 5 heteroatoms. The molecule has 2 aromatic rings. The number of rotatable bonds is 4. The van der Waals surface area contributed by atoms with Crippen molar-refractivity contribution in [2.24, 2.45) is 5.84 Å². The number of aryl methyl sites for hydroxylation is 1. The number of aromatic nitrogens is 1. The summed E-state index contributed by atoms with van der Waals surface area (Å²) in [5.74, 6) is 5.15. The number of pyridine rings is 1. The fraction of sp³-hybridized carbons (Fsp3) is 0.143. The molecule has 98 valence electrons. The van der Waals surface area contributed by atoms with Crippen LogP contribution in [0, 0.1) is 6.92 Å². The molecule has 0 aliphatic carbocycles. The van der Waals surface area contributed by atoms with Crippen LogP contribution in [0.2, 0.25) is 0 Å². The fourth-order valence-electron chi connectivity index (χ4n) is 1.68. The predicted molar refractivity (Wildman–Crippen MR) is 74.4 cm³/mol. The SMILES string of the molecule is Cc1ccncc1CNC(=O)c1ccc(NN)cc1. The molecule has 0 saturated heterocycles. The summed E-state index contributed by atoms with van der Waals surface area (Å²) in [6.07, 6.45) is 3.50. The number of nitrogens with one attached hydrogen (secondary N) is 2. The third kappa shape index (κ3) is 3.29. The minimum Gasteiger partial charge on any atom is -0.348 e. The number of hydrogen-bond donors (Lipinski definition) is 3. The van der Waals surface area contributed by atoms with Gasteiger partial charge in [-0.1, -0.05) is 0 Å². The largest absolute Gasteiger partial charge is 0.348 e. The van der Waals surface area contributed by atoms with E-state index in [-0.39, 0.29) is 5.91 Å². The first-order valence-electron chi connectivity index (χ1n) is 5.95. The molecule has 2 rings (SSSR count). The van der Waals surface area contributed by atoms with Gasteiger partial charge in [0.15, 0.2) is 0 Å². The lowest BCUT2D eigenvalue weighted by molar-refractivity contribution is 0.0951. The molecule has 0 aliphatic heterocycles. The number of hydrazine groups is 1. The predicted octanol–water partition coefficient (Wildman–Crippen LogP) is 1.61. The Hall–Kier alpha value is -2.40. The molecule has 0 spiro atoms. The standard InChI is InChI=1S/C14H16N4O/c1-10-6-7-16-8-12(10)9-17-14(19)11-2-4-13(18-15)5-3-11/h2-8,18H,9,15H2,1H3,(H,17,19). The lowest BCUT2D eigenvalue weighted by Gasteiger charge is -2.08. The number of nitrogen functional groups attached to an aromatic ring is 1. The molecular weight excluding hydrogens is 240 g/mol. The van der Waals surface area contributed by atoms with Gasteiger partial charge in [0.05, 0.1) is 0 Å². The molecule has 0 fully saturated rings. The molecule has 1 aromatic heterocycles. The number of anilines is 1. The minimum absolute atomic E-state index is 0.119. The van der Waals surface area contributed by atoms with Crippen LogP contribution in [0.4, 0.5) is 5.69 Å². The van der Waals surface area contributed by atoms with Crippen molar-refractivity contribution >= 4 is 11.6 Å². The van der Waals surface area contributed by atoms with Gasteiger partial charge in [-0.2, -0.15) is 0 Å². The summed E-state index contributed by atoms with van der Waals surface area (Å²) in [6.45, 7) is 2.46. The van der Waals surface area contributed by atoms with Gasteiger partial charge >= 0.3 is 0 Å². The molecule has 19 heavy (non-hydrogen) atoms. The van der Waals surface area contributed by atoms with Crippen molar-refractivity contribution in [3.8, 4) is 0 Å². The minimum atomic E-state index is -0.119. The molecule has 0 aliphatic rings. The first kappa shape index (κ1) is 13.0. The highest BCUT2D eigenvalue weighted by Gasteiger charge is 2.06. The second-order valence-corrected chi connectivity index (χ2v) is 4.21. The Morgan fingerprint density at radius 3 is 2.63 bits per heavy atom. The van der Waals surface area contributed by atoms with Crippen LogP contribution in [-0.2, 0) is 6.54 Å². The van der Waals surface area contributed by atoms with E-state index < -0.39 is 0 Å². The Kier molecular flexibility index (Phi) is 4.10. The number of carbonyl (C=O) groups is 1. The molecule has 0 unspecified atom stereocenters. The number of carbonyl (C=O) groups excluding carboxylic acids is 1. The molecule has 5 nitrogen and oxygen atoms in total. The zero-order valence-corrected chi connectivity index (χ0v) is 10.7. The molecular formula is C14H16N4O. The molecule has 0 saturated carbocycles. The van der Waals surface area contributed by atoms with E-state index in [0.717, 1.165) is 16.8 Å². The quantitative estimate of drug-likeness (QED) is 0.573. The van der Waals surface area contributed by atoms with Crippen LogP contribution in [0.25, 0.3) is 0 Å². The van der Waals surface area contributed by atoms with Crippen molar-refractivity contribution in [2.75, 3.05) is 5.43 Å². The Morgan fingerprint density at radius 1 is 1.26 bits per heavy atom. The fourth-order valence-corrected chi connectivity index (χ4v) is 1.68. The van der Waals surface area contributed by atoms with Crippen molar-refractivity contribution in [1.29, 1.82) is 0 Å². The summed E-state index contributed by atoms with van der Waals surface area (Å²) in [6, 6.07) is 8.87. The van der Waals surface area contributed by atoms with Crippen molar-refractivity contribution in [2.45, 2.75) is 13.5 Å². The van der Waals surface area contributed by atoms with Gasteiger partial charge in [0, 0.05) is 30.2 Å². The van der Waals surface area contributed by atoms with Crippen LogP contribution < -0.4 is 16.6 Å². The summed E-state index contributed by atoms with van der Waals surface area (Å²) in [5.41, 5.74) is 6.00. The van der Waals surface area contributed by atoms with Gasteiger partial charge in [-0.05, 0) is 48.4 Å². The zero-order chi connectivity index (χ0) is 13.7. The normalized spacial score (nSPS) is 10.0. The maximum absolute atomic E-state index is 11.9. The lowest BCUT2D eigenvalue weighted by atomic mass is 10.1. The van der Waals surface area contributed by atoms with Crippen LogP contribution in [0.1, 0.15) is 21.5 Å². The van der Waals surface area contributed by atoms with Gasteiger partial charge in [0.2, 0.25) is 0 Å². The van der Waals surface area contributed by atoms with Crippen molar-refractivity contribution < 1.29 is 4.79 Å². The highest BCUT2D eigenvalue weighted by atomic mass is 16.1. The van der Waals surface area contributed by atoms with E-state index in [1.54, 1.807) is 36.7 Å². The number of amides is 1. The van der Waals surface area contributed by atoms with E-state index in [2.05, 4.69) is 15.7 Å². The Balaban J connectivity index is 1.99. The Bertz CT molecular complexity index is 566. The molecule has 0 atom stereocenters. The van der Waals surface area contributed by atoms with E-state index in [1.807, 2.05) is 13.0 Å². The van der Waals surface area contributed by atoms with Gasteiger partial charge in [-0.3, -0.25) is 15.6 Å². The molecule has 1 aromatic carbocycles. The monoisotopic (exact) mass is 256 g/mol. The Labute approximate surface area is 111 Å². The van der Waals surface area contributed by atoms with Gasteiger partial charge < -0.3 is 10.7 Å². The van der Waals surface area contributed by atoms with Crippen molar-refractivity contribution in [3.05, 3.63) is 59.4 Å². The molecule has 0 radical (unpaired) electrons. The lowest BCUT2D eigenvalue weighted by Crippen LogP contribution is -2.23. The van der Waals surface area contributed by atoms with Gasteiger partial charge in [0.1, 0.15) is 0 Å². The topological polar surface area (TPSA) is 80.0 Å². The summed E-state index contributed by atoms with van der Waals surface area (Å²) in [4.78, 5) is 16.0. The van der Waals surface area contributed by atoms with Crippen molar-refractivity contribution in [1.82, 2.24) is 10.3 Å². The second kappa shape index (κ2) is 5.97. The first-order valence-corrected chi connectivity index (χ1v) is 5.95. The van der Waals surface area contributed by atoms with Crippen LogP contribution in [0.15, 0.2) is 42.7 Å². The summed E-state index contributed by atoms with van der Waals surface area (Å²) in [7, 11) is 0.